The van der Waals surface area contributed by atoms with Crippen molar-refractivity contribution >= 4 is 16.9 Å². The van der Waals surface area contributed by atoms with Crippen LogP contribution in [0.1, 0.15) is 49.8 Å². The third kappa shape index (κ3) is 3.62. The van der Waals surface area contributed by atoms with Crippen LogP contribution in [0.4, 0.5) is 8.78 Å². The smallest absolute Gasteiger partial charge is 0.264 e. The number of aromatic nitrogens is 3. The van der Waals surface area contributed by atoms with E-state index in [1.165, 1.54) is 42.9 Å². The number of fused-ring (bicyclic) bond motifs is 1. The van der Waals surface area contributed by atoms with Gasteiger partial charge in [0.05, 0.1) is 16.8 Å². The normalized spacial score (nSPS) is 28.1. The lowest BCUT2D eigenvalue weighted by atomic mass is 9.54. The molecule has 4 fully saturated rings. The van der Waals surface area contributed by atoms with Crippen LogP contribution < -0.4 is 5.32 Å². The maximum Gasteiger partial charge on any atom is 0.264 e. The number of rotatable bonds is 5. The molecule has 2 heterocycles. The number of hydrogen-bond acceptors (Lipinski definition) is 3. The van der Waals surface area contributed by atoms with Crippen LogP contribution in [-0.2, 0) is 11.3 Å². The van der Waals surface area contributed by atoms with Gasteiger partial charge in [-0.15, -0.1) is 0 Å². The van der Waals surface area contributed by atoms with Crippen molar-refractivity contribution in [3.8, 4) is 11.3 Å². The van der Waals surface area contributed by atoms with E-state index in [4.69, 9.17) is 0 Å². The van der Waals surface area contributed by atoms with Gasteiger partial charge in [0.1, 0.15) is 6.54 Å². The SMILES string of the molecule is Cc1nn(CC(=O)NC2C3CC4CC(C3)CC2C4)c2nc(-c3ccccc3)cc(C(F)F)c12. The highest BCUT2D eigenvalue weighted by Crippen LogP contribution is 2.53. The molecule has 0 radical (unpaired) electrons. The van der Waals surface area contributed by atoms with Crippen molar-refractivity contribution in [3.63, 3.8) is 0 Å². The molecule has 33 heavy (non-hydrogen) atoms. The summed E-state index contributed by atoms with van der Waals surface area (Å²) in [6.45, 7) is 1.69. The van der Waals surface area contributed by atoms with Gasteiger partial charge in [0.15, 0.2) is 5.65 Å². The molecular weight excluding hydrogens is 422 g/mol. The zero-order valence-electron chi connectivity index (χ0n) is 18.7. The molecule has 4 bridgehead atoms. The molecule has 4 aliphatic rings. The highest BCUT2D eigenvalue weighted by atomic mass is 19.3. The van der Waals surface area contributed by atoms with Gasteiger partial charge < -0.3 is 5.32 Å². The number of carbonyl (C=O) groups excluding carboxylic acids is 1. The summed E-state index contributed by atoms with van der Waals surface area (Å²) in [4.78, 5) is 17.8. The number of halogens is 2. The molecule has 1 aromatic carbocycles. The summed E-state index contributed by atoms with van der Waals surface area (Å²) in [5.41, 5.74) is 1.93. The van der Waals surface area contributed by atoms with Crippen LogP contribution in [0.2, 0.25) is 0 Å². The molecule has 0 atom stereocenters. The third-order valence-corrected chi connectivity index (χ3v) is 8.06. The van der Waals surface area contributed by atoms with E-state index in [0.29, 0.717) is 34.3 Å². The number of nitrogens with one attached hydrogen (secondary N) is 1. The Morgan fingerprint density at radius 2 is 1.76 bits per heavy atom. The predicted molar refractivity (Wildman–Crippen MR) is 122 cm³/mol. The molecule has 7 rings (SSSR count). The predicted octanol–water partition coefficient (Wildman–Crippen LogP) is 5.29. The molecule has 4 aliphatic carbocycles. The number of alkyl halides is 2. The van der Waals surface area contributed by atoms with Gasteiger partial charge >= 0.3 is 0 Å². The fourth-order valence-electron chi connectivity index (χ4n) is 6.95. The third-order valence-electron chi connectivity index (χ3n) is 8.06. The van der Waals surface area contributed by atoms with Crippen molar-refractivity contribution in [1.82, 2.24) is 20.1 Å². The van der Waals surface area contributed by atoms with Gasteiger partial charge in [-0.05, 0) is 68.8 Å². The fourth-order valence-corrected chi connectivity index (χ4v) is 6.95. The number of hydrogen-bond donors (Lipinski definition) is 1. The van der Waals surface area contributed by atoms with Crippen LogP contribution in [0.15, 0.2) is 36.4 Å². The summed E-state index contributed by atoms with van der Waals surface area (Å²) >= 11 is 0. The Bertz CT molecular complexity index is 1180. The maximum absolute atomic E-state index is 14.0. The van der Waals surface area contributed by atoms with Crippen molar-refractivity contribution in [2.45, 2.75) is 58.0 Å². The lowest BCUT2D eigenvalue weighted by molar-refractivity contribution is -0.125. The minimum atomic E-state index is -2.66. The van der Waals surface area contributed by atoms with E-state index >= 15 is 0 Å². The van der Waals surface area contributed by atoms with E-state index in [0.717, 1.165) is 17.4 Å². The zero-order valence-corrected chi connectivity index (χ0v) is 18.7. The Balaban J connectivity index is 1.31. The molecule has 0 spiro atoms. The van der Waals surface area contributed by atoms with Crippen molar-refractivity contribution < 1.29 is 13.6 Å². The first kappa shape index (κ1) is 20.8. The topological polar surface area (TPSA) is 59.8 Å². The summed E-state index contributed by atoms with van der Waals surface area (Å²) in [6.07, 6.45) is 3.61. The lowest BCUT2D eigenvalue weighted by Gasteiger charge is -2.54. The molecule has 1 amide bonds. The Hall–Kier alpha value is -2.83. The number of amides is 1. The molecular formula is C26H28F2N4O. The van der Waals surface area contributed by atoms with E-state index in [1.54, 1.807) is 6.92 Å². The quantitative estimate of drug-likeness (QED) is 0.575. The largest absolute Gasteiger partial charge is 0.351 e. The summed E-state index contributed by atoms with van der Waals surface area (Å²) in [7, 11) is 0. The van der Waals surface area contributed by atoms with Gasteiger partial charge in [0, 0.05) is 17.2 Å². The van der Waals surface area contributed by atoms with Crippen LogP contribution in [0, 0.1) is 30.6 Å². The summed E-state index contributed by atoms with van der Waals surface area (Å²) < 4.78 is 29.4. The molecule has 0 unspecified atom stereocenters. The fraction of sp³-hybridized carbons (Fsp3) is 0.500. The number of aryl methyl sites for hydroxylation is 1. The van der Waals surface area contributed by atoms with E-state index < -0.39 is 6.43 Å². The minimum Gasteiger partial charge on any atom is -0.351 e. The van der Waals surface area contributed by atoms with Gasteiger partial charge in [-0.25, -0.2) is 18.4 Å². The van der Waals surface area contributed by atoms with Crippen LogP contribution in [0.5, 0.6) is 0 Å². The summed E-state index contributed by atoms with van der Waals surface area (Å²) in [5, 5.41) is 8.08. The highest BCUT2D eigenvalue weighted by molar-refractivity contribution is 5.87. The number of benzene rings is 1. The summed E-state index contributed by atoms with van der Waals surface area (Å²) in [5.74, 6) is 2.73. The Kier molecular flexibility index (Phi) is 4.96. The number of nitrogens with zero attached hydrogens (tertiary/aromatic N) is 3. The molecule has 172 valence electrons. The van der Waals surface area contributed by atoms with Crippen LogP contribution in [0.3, 0.4) is 0 Å². The molecule has 0 aliphatic heterocycles. The van der Waals surface area contributed by atoms with Crippen LogP contribution in [-0.4, -0.2) is 26.7 Å². The first-order valence-corrected chi connectivity index (χ1v) is 12.0. The van der Waals surface area contributed by atoms with Crippen LogP contribution >= 0.6 is 0 Å². The molecule has 4 saturated carbocycles. The van der Waals surface area contributed by atoms with E-state index in [1.807, 2.05) is 30.3 Å². The number of pyridine rings is 1. The second-order valence-corrected chi connectivity index (χ2v) is 10.2. The average molecular weight is 451 g/mol. The van der Waals surface area contributed by atoms with Crippen molar-refractivity contribution in [2.75, 3.05) is 0 Å². The zero-order chi connectivity index (χ0) is 22.7. The molecule has 0 saturated heterocycles. The van der Waals surface area contributed by atoms with Gasteiger partial charge in [-0.1, -0.05) is 30.3 Å². The Labute approximate surface area is 191 Å². The van der Waals surface area contributed by atoms with Crippen molar-refractivity contribution in [1.29, 1.82) is 0 Å². The first-order chi connectivity index (χ1) is 16.0. The second kappa shape index (κ2) is 7.89. The van der Waals surface area contributed by atoms with Gasteiger partial charge in [0.25, 0.3) is 6.43 Å². The second-order valence-electron chi connectivity index (χ2n) is 10.2. The maximum atomic E-state index is 14.0. The highest BCUT2D eigenvalue weighted by Gasteiger charge is 2.48. The van der Waals surface area contributed by atoms with Crippen LogP contribution in [0.25, 0.3) is 22.3 Å². The number of carbonyl (C=O) groups is 1. The summed E-state index contributed by atoms with van der Waals surface area (Å²) in [6, 6.07) is 10.9. The van der Waals surface area contributed by atoms with E-state index in [2.05, 4.69) is 15.4 Å². The van der Waals surface area contributed by atoms with E-state index in [9.17, 15) is 13.6 Å². The molecule has 7 heteroatoms. The van der Waals surface area contributed by atoms with Gasteiger partial charge in [-0.2, -0.15) is 5.10 Å². The molecule has 1 N–H and O–H groups in total. The average Bonchev–Trinajstić information content (AvgIpc) is 3.10. The van der Waals surface area contributed by atoms with Crippen molar-refractivity contribution in [2.24, 2.45) is 23.7 Å². The van der Waals surface area contributed by atoms with Gasteiger partial charge in [0.2, 0.25) is 5.91 Å². The molecule has 5 nitrogen and oxygen atoms in total. The van der Waals surface area contributed by atoms with Gasteiger partial charge in [-0.3, -0.25) is 4.79 Å². The lowest BCUT2D eigenvalue weighted by Crippen LogP contribution is -2.56. The Morgan fingerprint density at radius 3 is 2.39 bits per heavy atom. The Morgan fingerprint density at radius 1 is 1.09 bits per heavy atom. The van der Waals surface area contributed by atoms with Crippen molar-refractivity contribution in [3.05, 3.63) is 47.7 Å². The monoisotopic (exact) mass is 450 g/mol. The molecule has 3 aromatic rings. The standard InChI is InChI=1S/C26H28F2N4O/c1-14-23-20(25(27)28)12-21(17-5-3-2-4-6-17)29-26(23)32(31-14)13-22(33)30-24-18-8-15-7-16(10-18)11-19(24)9-15/h2-6,12,15-16,18-19,24-25H,7-11,13H2,1H3,(H,30,33). The minimum absolute atomic E-state index is 0.0128. The van der Waals surface area contributed by atoms with E-state index in [-0.39, 0.29) is 24.1 Å². The first-order valence-electron chi connectivity index (χ1n) is 12.0. The molecule has 2 aromatic heterocycles.